The third-order valence-corrected chi connectivity index (χ3v) is 6.47. The maximum absolute atomic E-state index is 13.8. The highest BCUT2D eigenvalue weighted by Gasteiger charge is 2.38. The van der Waals surface area contributed by atoms with Gasteiger partial charge in [0.15, 0.2) is 0 Å². The van der Waals surface area contributed by atoms with Crippen LogP contribution in [0.3, 0.4) is 0 Å². The summed E-state index contributed by atoms with van der Waals surface area (Å²) >= 11 is 0.864. The Kier molecular flexibility index (Phi) is 6.71. The number of halogens is 3. The number of hydrogen-bond donors (Lipinski definition) is 2. The minimum absolute atomic E-state index is 0.0312. The van der Waals surface area contributed by atoms with Gasteiger partial charge in [0.2, 0.25) is 5.91 Å². The number of alkyl halides is 3. The van der Waals surface area contributed by atoms with E-state index in [0.29, 0.717) is 19.6 Å². The van der Waals surface area contributed by atoms with Crippen molar-refractivity contribution in [3.63, 3.8) is 0 Å². The van der Waals surface area contributed by atoms with Gasteiger partial charge < -0.3 is 15.5 Å². The average Bonchev–Trinajstić information content (AvgIpc) is 3.10. The van der Waals surface area contributed by atoms with E-state index < -0.39 is 23.2 Å². The molecule has 2 N–H and O–H groups in total. The number of nitrogens with zero attached hydrogens (tertiary/aromatic N) is 3. The summed E-state index contributed by atoms with van der Waals surface area (Å²) < 4.78 is 41.4. The van der Waals surface area contributed by atoms with Crippen LogP contribution in [-0.4, -0.2) is 66.5 Å². The van der Waals surface area contributed by atoms with E-state index in [1.54, 1.807) is 4.90 Å². The normalized spacial score (nSPS) is 17.1. The molecule has 2 aromatic heterocycles. The van der Waals surface area contributed by atoms with E-state index in [1.807, 2.05) is 32.6 Å². The summed E-state index contributed by atoms with van der Waals surface area (Å²) in [5.74, 6) is -0.392. The summed E-state index contributed by atoms with van der Waals surface area (Å²) in [4.78, 5) is 32.7. The second-order valence-electron chi connectivity index (χ2n) is 8.81. The Hall–Kier alpha value is -2.40. The Bertz CT molecular complexity index is 1020. The standard InChI is InChI=1S/C21H28F3N5O2S/c1-12(2)26-16(30)9-29-7-6-28(11-20(29,3)4)15-8-14(21(22,23)24)18-17(27-15)13(10-32-18)19(31)25-5/h8,10,12H,6-7,9,11H2,1-5H3,(H,25,31)(H,26,30). The van der Waals surface area contributed by atoms with E-state index in [4.69, 9.17) is 0 Å². The molecular weight excluding hydrogens is 443 g/mol. The van der Waals surface area contributed by atoms with Crippen molar-refractivity contribution in [2.24, 2.45) is 0 Å². The number of pyridine rings is 1. The van der Waals surface area contributed by atoms with E-state index in [2.05, 4.69) is 15.6 Å². The maximum Gasteiger partial charge on any atom is 0.417 e. The lowest BCUT2D eigenvalue weighted by Crippen LogP contribution is -2.61. The van der Waals surface area contributed by atoms with Crippen LogP contribution in [-0.2, 0) is 11.0 Å². The SMILES string of the molecule is CNC(=O)c1csc2c(C(F)(F)F)cc(N3CCN(CC(=O)NC(C)C)C(C)(C)C3)nc12. The molecular formula is C21H28F3N5O2S. The van der Waals surface area contributed by atoms with Crippen molar-refractivity contribution in [2.75, 3.05) is 38.1 Å². The number of anilines is 1. The van der Waals surface area contributed by atoms with Gasteiger partial charge in [0.05, 0.1) is 27.9 Å². The number of carbonyl (C=O) groups is 2. The third-order valence-electron chi connectivity index (χ3n) is 5.47. The minimum Gasteiger partial charge on any atom is -0.355 e. The van der Waals surface area contributed by atoms with Crippen LogP contribution < -0.4 is 15.5 Å². The first kappa shape index (κ1) is 24.2. The van der Waals surface area contributed by atoms with Gasteiger partial charge in [-0.1, -0.05) is 0 Å². The van der Waals surface area contributed by atoms with Gasteiger partial charge in [0.25, 0.3) is 5.91 Å². The predicted octanol–water partition coefficient (Wildman–Crippen LogP) is 3.10. The van der Waals surface area contributed by atoms with Crippen LogP contribution in [0.2, 0.25) is 0 Å². The summed E-state index contributed by atoms with van der Waals surface area (Å²) in [6.07, 6.45) is -4.58. The fraction of sp³-hybridized carbons (Fsp3) is 0.571. The number of nitrogens with one attached hydrogen (secondary N) is 2. The van der Waals surface area contributed by atoms with Crippen molar-refractivity contribution < 1.29 is 22.8 Å². The number of aromatic nitrogens is 1. The van der Waals surface area contributed by atoms with Gasteiger partial charge in [-0.3, -0.25) is 14.5 Å². The molecule has 0 aliphatic carbocycles. The Morgan fingerprint density at radius 3 is 2.53 bits per heavy atom. The topological polar surface area (TPSA) is 77.6 Å². The lowest BCUT2D eigenvalue weighted by Gasteiger charge is -2.47. The molecule has 0 unspecified atom stereocenters. The van der Waals surface area contributed by atoms with E-state index >= 15 is 0 Å². The van der Waals surface area contributed by atoms with Crippen LogP contribution in [0.25, 0.3) is 10.2 Å². The van der Waals surface area contributed by atoms with Crippen molar-refractivity contribution in [1.82, 2.24) is 20.5 Å². The number of rotatable bonds is 5. The monoisotopic (exact) mass is 471 g/mol. The smallest absolute Gasteiger partial charge is 0.355 e. The molecule has 1 fully saturated rings. The van der Waals surface area contributed by atoms with Gasteiger partial charge in [0, 0.05) is 43.6 Å². The van der Waals surface area contributed by atoms with E-state index in [-0.39, 0.29) is 40.1 Å². The number of thiophene rings is 1. The van der Waals surface area contributed by atoms with Gasteiger partial charge in [0.1, 0.15) is 5.82 Å². The van der Waals surface area contributed by atoms with Crippen molar-refractivity contribution in [2.45, 2.75) is 45.5 Å². The van der Waals surface area contributed by atoms with Gasteiger partial charge in [-0.2, -0.15) is 13.2 Å². The summed E-state index contributed by atoms with van der Waals surface area (Å²) in [6, 6.07) is 1.09. The molecule has 0 saturated carbocycles. The lowest BCUT2D eigenvalue weighted by molar-refractivity contribution is -0.136. The first-order chi connectivity index (χ1) is 14.8. The summed E-state index contributed by atoms with van der Waals surface area (Å²) in [6.45, 7) is 9.18. The Balaban J connectivity index is 1.94. The summed E-state index contributed by atoms with van der Waals surface area (Å²) in [5, 5.41) is 6.73. The molecule has 32 heavy (non-hydrogen) atoms. The van der Waals surface area contributed by atoms with Crippen LogP contribution in [0.15, 0.2) is 11.4 Å². The van der Waals surface area contributed by atoms with Crippen LogP contribution in [0, 0.1) is 0 Å². The zero-order valence-corrected chi connectivity index (χ0v) is 19.6. The third kappa shape index (κ3) is 4.98. The fourth-order valence-electron chi connectivity index (χ4n) is 3.88. The zero-order chi connectivity index (χ0) is 23.8. The number of amides is 2. The minimum atomic E-state index is -4.58. The van der Waals surface area contributed by atoms with E-state index in [9.17, 15) is 22.8 Å². The maximum atomic E-state index is 13.8. The molecule has 2 aromatic rings. The molecule has 0 bridgehead atoms. The first-order valence-electron chi connectivity index (χ1n) is 10.3. The second kappa shape index (κ2) is 8.86. The molecule has 11 heteroatoms. The van der Waals surface area contributed by atoms with E-state index in [0.717, 1.165) is 17.4 Å². The molecule has 0 spiro atoms. The van der Waals surface area contributed by atoms with Gasteiger partial charge in [-0.15, -0.1) is 11.3 Å². The molecule has 0 radical (unpaired) electrons. The molecule has 2 amide bonds. The van der Waals surface area contributed by atoms with Crippen LogP contribution in [0.4, 0.5) is 19.0 Å². The van der Waals surface area contributed by atoms with Crippen molar-refractivity contribution in [1.29, 1.82) is 0 Å². The van der Waals surface area contributed by atoms with Crippen LogP contribution in [0.1, 0.15) is 43.6 Å². The fourth-order valence-corrected chi connectivity index (χ4v) is 4.91. The molecule has 176 valence electrons. The molecule has 1 aliphatic rings. The van der Waals surface area contributed by atoms with Gasteiger partial charge in [-0.25, -0.2) is 4.98 Å². The second-order valence-corrected chi connectivity index (χ2v) is 9.69. The Morgan fingerprint density at radius 2 is 1.97 bits per heavy atom. The van der Waals surface area contributed by atoms with Crippen LogP contribution in [0.5, 0.6) is 0 Å². The molecule has 1 saturated heterocycles. The highest BCUT2D eigenvalue weighted by Crippen LogP contribution is 2.40. The number of carbonyl (C=O) groups excluding carboxylic acids is 2. The lowest BCUT2D eigenvalue weighted by atomic mass is 9.98. The highest BCUT2D eigenvalue weighted by molar-refractivity contribution is 7.17. The quantitative estimate of drug-likeness (QED) is 0.701. The molecule has 0 atom stereocenters. The molecule has 0 aromatic carbocycles. The number of fused-ring (bicyclic) bond motifs is 1. The summed E-state index contributed by atoms with van der Waals surface area (Å²) in [7, 11) is 1.43. The molecule has 3 heterocycles. The molecule has 7 nitrogen and oxygen atoms in total. The predicted molar refractivity (Wildman–Crippen MR) is 119 cm³/mol. The highest BCUT2D eigenvalue weighted by atomic mass is 32.1. The summed E-state index contributed by atoms with van der Waals surface area (Å²) in [5.41, 5.74) is -1.09. The van der Waals surface area contributed by atoms with Gasteiger partial charge >= 0.3 is 6.18 Å². The average molecular weight is 472 g/mol. The number of piperazine rings is 1. The van der Waals surface area contributed by atoms with Gasteiger partial charge in [-0.05, 0) is 33.8 Å². The van der Waals surface area contributed by atoms with Crippen molar-refractivity contribution in [3.8, 4) is 0 Å². The first-order valence-corrected chi connectivity index (χ1v) is 11.2. The van der Waals surface area contributed by atoms with Crippen molar-refractivity contribution >= 4 is 39.2 Å². The van der Waals surface area contributed by atoms with Crippen LogP contribution >= 0.6 is 11.3 Å². The van der Waals surface area contributed by atoms with Crippen molar-refractivity contribution in [3.05, 3.63) is 22.6 Å². The molecule has 1 aliphatic heterocycles. The molecule has 3 rings (SSSR count). The van der Waals surface area contributed by atoms with E-state index in [1.165, 1.54) is 12.4 Å². The Morgan fingerprint density at radius 1 is 1.28 bits per heavy atom. The zero-order valence-electron chi connectivity index (χ0n) is 18.8. The number of hydrogen-bond acceptors (Lipinski definition) is 6. The Labute approximate surface area is 189 Å². The largest absolute Gasteiger partial charge is 0.417 e.